The van der Waals surface area contributed by atoms with Crippen LogP contribution in [0.5, 0.6) is 11.5 Å². The second-order valence-corrected chi connectivity index (χ2v) is 10.5. The Kier molecular flexibility index (Phi) is 5.79. The van der Waals surface area contributed by atoms with Crippen LogP contribution in [0.15, 0.2) is 158 Å². The molecule has 0 spiro atoms. The van der Waals surface area contributed by atoms with Gasteiger partial charge in [-0.25, -0.2) is 4.98 Å². The van der Waals surface area contributed by atoms with Crippen LogP contribution in [0.25, 0.3) is 44.3 Å². The number of benzene rings is 6. The number of ether oxygens (including phenoxy) is 1. The number of hydrogen-bond acceptors (Lipinski definition) is 3. The first-order valence-electron chi connectivity index (χ1n) is 14.1. The van der Waals surface area contributed by atoms with Gasteiger partial charge in [-0.3, -0.25) is 4.90 Å². The van der Waals surface area contributed by atoms with Gasteiger partial charge in [0.2, 0.25) is 0 Å². The number of nitrogens with zero attached hydrogens (tertiary/aromatic N) is 2. The minimum atomic E-state index is 0.799. The lowest BCUT2D eigenvalue weighted by molar-refractivity contribution is 0.477. The summed E-state index contributed by atoms with van der Waals surface area (Å²) in [7, 11) is 0. The van der Waals surface area contributed by atoms with Crippen molar-refractivity contribution in [2.45, 2.75) is 0 Å². The highest BCUT2D eigenvalue weighted by atomic mass is 16.5. The van der Waals surface area contributed by atoms with Crippen molar-refractivity contribution in [1.29, 1.82) is 0 Å². The van der Waals surface area contributed by atoms with E-state index in [1.54, 1.807) is 0 Å². The summed E-state index contributed by atoms with van der Waals surface area (Å²) < 4.78 is 6.54. The zero-order valence-electron chi connectivity index (χ0n) is 22.8. The zero-order valence-corrected chi connectivity index (χ0v) is 22.8. The molecule has 0 aliphatic carbocycles. The van der Waals surface area contributed by atoms with Crippen molar-refractivity contribution in [2.75, 3.05) is 4.90 Å². The summed E-state index contributed by atoms with van der Waals surface area (Å²) >= 11 is 0. The highest BCUT2D eigenvalue weighted by Crippen LogP contribution is 2.51. The average Bonchev–Trinajstić information content (AvgIpc) is 3.07. The lowest BCUT2D eigenvalue weighted by atomic mass is 9.99. The van der Waals surface area contributed by atoms with E-state index in [1.807, 2.05) is 30.3 Å². The predicted octanol–water partition coefficient (Wildman–Crippen LogP) is 10.8. The van der Waals surface area contributed by atoms with Crippen molar-refractivity contribution in [3.05, 3.63) is 158 Å². The number of anilines is 3. The Morgan fingerprint density at radius 1 is 0.405 bits per heavy atom. The van der Waals surface area contributed by atoms with E-state index in [9.17, 15) is 0 Å². The summed E-state index contributed by atoms with van der Waals surface area (Å²) in [4.78, 5) is 7.46. The Bertz CT molecular complexity index is 2010. The molecule has 42 heavy (non-hydrogen) atoms. The van der Waals surface area contributed by atoms with Gasteiger partial charge >= 0.3 is 0 Å². The topological polar surface area (TPSA) is 25.4 Å². The highest BCUT2D eigenvalue weighted by Gasteiger charge is 2.27. The van der Waals surface area contributed by atoms with Crippen LogP contribution in [0.2, 0.25) is 0 Å². The number of hydrogen-bond donors (Lipinski definition) is 0. The van der Waals surface area contributed by atoms with Gasteiger partial charge in [0.15, 0.2) is 11.5 Å². The fourth-order valence-electron chi connectivity index (χ4n) is 5.74. The van der Waals surface area contributed by atoms with E-state index in [2.05, 4.69) is 132 Å². The van der Waals surface area contributed by atoms with Crippen molar-refractivity contribution >= 4 is 28.0 Å². The number of aromatic nitrogens is 1. The molecule has 0 fully saturated rings. The predicted molar refractivity (Wildman–Crippen MR) is 173 cm³/mol. The molecule has 0 saturated carbocycles. The van der Waals surface area contributed by atoms with Crippen molar-refractivity contribution in [3.63, 3.8) is 0 Å². The van der Waals surface area contributed by atoms with E-state index < -0.39 is 0 Å². The Hall–Kier alpha value is -5.67. The second-order valence-electron chi connectivity index (χ2n) is 10.5. The van der Waals surface area contributed by atoms with Crippen LogP contribution in [-0.2, 0) is 0 Å². The Balaban J connectivity index is 1.31. The van der Waals surface area contributed by atoms with E-state index in [0.717, 1.165) is 62.2 Å². The van der Waals surface area contributed by atoms with E-state index in [4.69, 9.17) is 9.72 Å². The van der Waals surface area contributed by atoms with Crippen molar-refractivity contribution in [1.82, 2.24) is 4.98 Å². The molecule has 1 aromatic heterocycles. The molecule has 0 amide bonds. The Labute approximate surface area is 244 Å². The second kappa shape index (κ2) is 10.1. The summed E-state index contributed by atoms with van der Waals surface area (Å²) in [5.74, 6) is 2.44. The third kappa shape index (κ3) is 4.29. The van der Waals surface area contributed by atoms with E-state index in [0.29, 0.717) is 0 Å². The van der Waals surface area contributed by atoms with Gasteiger partial charge in [0, 0.05) is 5.56 Å². The summed E-state index contributed by atoms with van der Waals surface area (Å²) in [6, 6.07) is 54.9. The quantitative estimate of drug-likeness (QED) is 0.223. The molecule has 3 heteroatoms. The van der Waals surface area contributed by atoms with Crippen LogP contribution in [0.1, 0.15) is 0 Å². The van der Waals surface area contributed by atoms with Crippen LogP contribution in [0.4, 0.5) is 17.2 Å². The fraction of sp³-hybridized carbons (Fsp3) is 0. The van der Waals surface area contributed by atoms with Gasteiger partial charge < -0.3 is 4.74 Å². The standard InChI is InChI=1S/C39H26N2O/c1-3-11-27(12-4-1)33-24-34(29-14-5-2-6-15-29)40-39(26-33)41-35-17-9-10-18-37(35)42-38-25-32(21-22-36(38)41)31-20-19-28-13-7-8-16-30(28)23-31/h1-26H. The molecule has 0 atom stereocenters. The molecular weight excluding hydrogens is 512 g/mol. The van der Waals surface area contributed by atoms with Crippen molar-refractivity contribution in [3.8, 4) is 45.0 Å². The third-order valence-corrected chi connectivity index (χ3v) is 7.83. The molecule has 7 aromatic rings. The minimum Gasteiger partial charge on any atom is -0.453 e. The monoisotopic (exact) mass is 538 g/mol. The molecule has 0 bridgehead atoms. The van der Waals surface area contributed by atoms with Crippen LogP contribution in [0.3, 0.4) is 0 Å². The number of rotatable bonds is 4. The smallest absolute Gasteiger partial charge is 0.152 e. The summed E-state index contributed by atoms with van der Waals surface area (Å²) in [5.41, 5.74) is 8.42. The normalized spacial score (nSPS) is 12.0. The molecule has 0 saturated heterocycles. The molecule has 1 aliphatic rings. The van der Waals surface area contributed by atoms with Crippen molar-refractivity contribution < 1.29 is 4.74 Å². The van der Waals surface area contributed by atoms with Gasteiger partial charge in [0.25, 0.3) is 0 Å². The van der Waals surface area contributed by atoms with Crippen LogP contribution in [-0.4, -0.2) is 4.98 Å². The van der Waals surface area contributed by atoms with Gasteiger partial charge in [-0.1, -0.05) is 115 Å². The number of para-hydroxylation sites is 2. The molecule has 6 aromatic carbocycles. The van der Waals surface area contributed by atoms with Crippen LogP contribution >= 0.6 is 0 Å². The zero-order chi connectivity index (χ0) is 27.9. The maximum Gasteiger partial charge on any atom is 0.152 e. The van der Waals surface area contributed by atoms with Gasteiger partial charge in [-0.2, -0.15) is 0 Å². The van der Waals surface area contributed by atoms with Gasteiger partial charge in [0.1, 0.15) is 5.82 Å². The summed E-state index contributed by atoms with van der Waals surface area (Å²) in [6.07, 6.45) is 0. The average molecular weight is 539 g/mol. The molecule has 0 N–H and O–H groups in total. The number of pyridine rings is 1. The molecule has 0 unspecified atom stereocenters. The Morgan fingerprint density at radius 2 is 1.05 bits per heavy atom. The van der Waals surface area contributed by atoms with Crippen LogP contribution < -0.4 is 9.64 Å². The first-order valence-corrected chi connectivity index (χ1v) is 14.1. The molecule has 3 nitrogen and oxygen atoms in total. The first-order chi connectivity index (χ1) is 20.8. The molecule has 1 aliphatic heterocycles. The molecule has 8 rings (SSSR count). The van der Waals surface area contributed by atoms with Gasteiger partial charge in [-0.15, -0.1) is 0 Å². The van der Waals surface area contributed by atoms with E-state index >= 15 is 0 Å². The highest BCUT2D eigenvalue weighted by molar-refractivity contribution is 5.91. The maximum atomic E-state index is 6.54. The maximum absolute atomic E-state index is 6.54. The fourth-order valence-corrected chi connectivity index (χ4v) is 5.74. The van der Waals surface area contributed by atoms with E-state index in [1.165, 1.54) is 10.8 Å². The lowest BCUT2D eigenvalue weighted by Crippen LogP contribution is -2.17. The molecule has 0 radical (unpaired) electrons. The molecule has 2 heterocycles. The SMILES string of the molecule is c1ccc(-c2cc(-c3ccccc3)nc(N3c4ccccc4Oc4cc(-c5ccc6ccccc6c5)ccc43)c2)cc1. The lowest BCUT2D eigenvalue weighted by Gasteiger charge is -2.32. The Morgan fingerprint density at radius 3 is 1.88 bits per heavy atom. The third-order valence-electron chi connectivity index (χ3n) is 7.83. The molecular formula is C39H26N2O. The first kappa shape index (κ1) is 24.2. The summed E-state index contributed by atoms with van der Waals surface area (Å²) in [6.45, 7) is 0. The van der Waals surface area contributed by atoms with Gasteiger partial charge in [-0.05, 0) is 75.5 Å². The van der Waals surface area contributed by atoms with Crippen molar-refractivity contribution in [2.24, 2.45) is 0 Å². The van der Waals surface area contributed by atoms with E-state index in [-0.39, 0.29) is 0 Å². The summed E-state index contributed by atoms with van der Waals surface area (Å²) in [5, 5.41) is 2.45. The largest absolute Gasteiger partial charge is 0.453 e. The van der Waals surface area contributed by atoms with Crippen LogP contribution in [0, 0.1) is 0 Å². The minimum absolute atomic E-state index is 0.799. The van der Waals surface area contributed by atoms with Gasteiger partial charge in [0.05, 0.1) is 17.1 Å². The number of fused-ring (bicyclic) bond motifs is 3. The molecule has 198 valence electrons.